The van der Waals surface area contributed by atoms with E-state index in [1.807, 2.05) is 0 Å². The molecule has 22 heavy (non-hydrogen) atoms. The zero-order valence-corrected chi connectivity index (χ0v) is 12.4. The summed E-state index contributed by atoms with van der Waals surface area (Å²) in [5.74, 6) is 0. The van der Waals surface area contributed by atoms with Gasteiger partial charge in [0.25, 0.3) is 0 Å². The van der Waals surface area contributed by atoms with Gasteiger partial charge in [-0.2, -0.15) is 13.2 Å². The first-order valence-corrected chi connectivity index (χ1v) is 7.64. The Bertz CT molecular complexity index is 486. The number of alkyl halides is 3. The van der Waals surface area contributed by atoms with Gasteiger partial charge in [0, 0.05) is 38.8 Å². The SMILES string of the molecule is FC(F)(F)c1ccc(N2CCCN(C3CCOC3)CC2)cn1. The average Bonchev–Trinajstić information content (AvgIpc) is 2.91. The summed E-state index contributed by atoms with van der Waals surface area (Å²) in [6, 6.07) is 3.07. The summed E-state index contributed by atoms with van der Waals surface area (Å²) >= 11 is 0. The molecule has 0 bridgehead atoms. The normalized spacial score (nSPS) is 24.5. The van der Waals surface area contributed by atoms with E-state index in [4.69, 9.17) is 4.74 Å². The number of rotatable bonds is 2. The number of aromatic nitrogens is 1. The number of hydrogen-bond donors (Lipinski definition) is 0. The number of hydrogen-bond acceptors (Lipinski definition) is 4. The zero-order valence-electron chi connectivity index (χ0n) is 12.4. The number of anilines is 1. The summed E-state index contributed by atoms with van der Waals surface area (Å²) < 4.78 is 43.1. The highest BCUT2D eigenvalue weighted by atomic mass is 19.4. The Labute approximate surface area is 127 Å². The second-order valence-corrected chi connectivity index (χ2v) is 5.79. The summed E-state index contributed by atoms with van der Waals surface area (Å²) in [6.07, 6.45) is -0.979. The van der Waals surface area contributed by atoms with Crippen LogP contribution in [0.25, 0.3) is 0 Å². The number of ether oxygens (including phenoxy) is 1. The molecule has 2 saturated heterocycles. The highest BCUT2D eigenvalue weighted by Crippen LogP contribution is 2.28. The van der Waals surface area contributed by atoms with Gasteiger partial charge in [-0.25, -0.2) is 4.98 Å². The van der Waals surface area contributed by atoms with Crippen molar-refractivity contribution in [2.24, 2.45) is 0 Å². The molecule has 0 spiro atoms. The zero-order chi connectivity index (χ0) is 15.6. The molecular formula is C15H20F3N3O. The van der Waals surface area contributed by atoms with Gasteiger partial charge in [-0.05, 0) is 25.0 Å². The molecule has 1 aromatic heterocycles. The molecule has 0 N–H and O–H groups in total. The molecule has 0 radical (unpaired) electrons. The predicted octanol–water partition coefficient (Wildman–Crippen LogP) is 2.40. The van der Waals surface area contributed by atoms with Gasteiger partial charge in [0.15, 0.2) is 0 Å². The van der Waals surface area contributed by atoms with E-state index >= 15 is 0 Å². The first-order chi connectivity index (χ1) is 10.5. The van der Waals surface area contributed by atoms with Gasteiger partial charge in [-0.1, -0.05) is 0 Å². The Morgan fingerprint density at radius 3 is 2.64 bits per heavy atom. The van der Waals surface area contributed by atoms with E-state index in [9.17, 15) is 13.2 Å². The lowest BCUT2D eigenvalue weighted by Crippen LogP contribution is -2.38. The van der Waals surface area contributed by atoms with Crippen molar-refractivity contribution in [2.75, 3.05) is 44.3 Å². The van der Waals surface area contributed by atoms with Crippen molar-refractivity contribution in [1.29, 1.82) is 0 Å². The van der Waals surface area contributed by atoms with Crippen molar-refractivity contribution in [1.82, 2.24) is 9.88 Å². The van der Waals surface area contributed by atoms with Gasteiger partial charge in [-0.3, -0.25) is 4.90 Å². The van der Waals surface area contributed by atoms with Crippen LogP contribution in [0.5, 0.6) is 0 Å². The molecule has 0 aromatic carbocycles. The molecule has 3 heterocycles. The van der Waals surface area contributed by atoms with E-state index in [1.165, 1.54) is 12.3 Å². The third kappa shape index (κ3) is 3.52. The molecule has 4 nitrogen and oxygen atoms in total. The van der Waals surface area contributed by atoms with E-state index in [0.717, 1.165) is 64.0 Å². The maximum absolute atomic E-state index is 12.6. The van der Waals surface area contributed by atoms with Gasteiger partial charge < -0.3 is 9.64 Å². The largest absolute Gasteiger partial charge is 0.433 e. The molecule has 1 unspecified atom stereocenters. The molecule has 2 aliphatic rings. The van der Waals surface area contributed by atoms with Gasteiger partial charge in [0.2, 0.25) is 0 Å². The lowest BCUT2D eigenvalue weighted by molar-refractivity contribution is -0.141. The number of pyridine rings is 1. The minimum absolute atomic E-state index is 0.491. The van der Waals surface area contributed by atoms with Gasteiger partial charge in [-0.15, -0.1) is 0 Å². The van der Waals surface area contributed by atoms with Crippen molar-refractivity contribution < 1.29 is 17.9 Å². The fourth-order valence-corrected chi connectivity index (χ4v) is 3.11. The average molecular weight is 315 g/mol. The first-order valence-electron chi connectivity index (χ1n) is 7.64. The van der Waals surface area contributed by atoms with Crippen LogP contribution in [0.3, 0.4) is 0 Å². The lowest BCUT2D eigenvalue weighted by Gasteiger charge is -2.26. The van der Waals surface area contributed by atoms with Gasteiger partial charge in [0.1, 0.15) is 5.69 Å². The molecule has 2 fully saturated rings. The van der Waals surface area contributed by atoms with Crippen LogP contribution in [0.15, 0.2) is 18.3 Å². The van der Waals surface area contributed by atoms with Crippen LogP contribution in [0.4, 0.5) is 18.9 Å². The maximum Gasteiger partial charge on any atom is 0.433 e. The standard InChI is InChI=1S/C15H20F3N3O/c16-15(17,18)14-3-2-12(10-19-14)20-5-1-6-21(8-7-20)13-4-9-22-11-13/h2-3,10,13H,1,4-9,11H2. The Kier molecular flexibility index (Phi) is 4.54. The topological polar surface area (TPSA) is 28.6 Å². The molecule has 0 aliphatic carbocycles. The molecule has 1 aromatic rings. The minimum atomic E-state index is -4.38. The molecular weight excluding hydrogens is 295 g/mol. The van der Waals surface area contributed by atoms with E-state index in [0.29, 0.717) is 6.04 Å². The van der Waals surface area contributed by atoms with Crippen molar-refractivity contribution >= 4 is 5.69 Å². The molecule has 2 aliphatic heterocycles. The van der Waals surface area contributed by atoms with Gasteiger partial charge >= 0.3 is 6.18 Å². The van der Waals surface area contributed by atoms with Crippen molar-refractivity contribution in [3.8, 4) is 0 Å². The second-order valence-electron chi connectivity index (χ2n) is 5.79. The number of nitrogens with zero attached hydrogens (tertiary/aromatic N) is 3. The van der Waals surface area contributed by atoms with Crippen LogP contribution in [-0.4, -0.2) is 55.3 Å². The summed E-state index contributed by atoms with van der Waals surface area (Å²) in [4.78, 5) is 8.10. The van der Waals surface area contributed by atoms with Crippen LogP contribution in [0.1, 0.15) is 18.5 Å². The quantitative estimate of drug-likeness (QED) is 0.838. The Balaban J connectivity index is 1.63. The fraction of sp³-hybridized carbons (Fsp3) is 0.667. The van der Waals surface area contributed by atoms with E-state index in [-0.39, 0.29) is 0 Å². The third-order valence-corrected chi connectivity index (χ3v) is 4.36. The monoisotopic (exact) mass is 315 g/mol. The van der Waals surface area contributed by atoms with E-state index in [2.05, 4.69) is 14.8 Å². The predicted molar refractivity (Wildman–Crippen MR) is 76.9 cm³/mol. The summed E-state index contributed by atoms with van der Waals surface area (Å²) in [7, 11) is 0. The van der Waals surface area contributed by atoms with Crippen LogP contribution in [-0.2, 0) is 10.9 Å². The summed E-state index contributed by atoms with van der Waals surface area (Å²) in [5.41, 5.74) is -0.0756. The molecule has 122 valence electrons. The smallest absolute Gasteiger partial charge is 0.380 e. The Morgan fingerprint density at radius 2 is 2.00 bits per heavy atom. The van der Waals surface area contributed by atoms with Crippen LogP contribution >= 0.6 is 0 Å². The number of halogens is 3. The van der Waals surface area contributed by atoms with E-state index in [1.54, 1.807) is 0 Å². The molecule has 7 heteroatoms. The maximum atomic E-state index is 12.6. The van der Waals surface area contributed by atoms with Crippen LogP contribution in [0, 0.1) is 0 Å². The summed E-state index contributed by atoms with van der Waals surface area (Å²) in [5, 5.41) is 0. The van der Waals surface area contributed by atoms with Crippen LogP contribution in [0.2, 0.25) is 0 Å². The van der Waals surface area contributed by atoms with Crippen molar-refractivity contribution in [2.45, 2.75) is 25.1 Å². The highest BCUT2D eigenvalue weighted by Gasteiger charge is 2.32. The van der Waals surface area contributed by atoms with Crippen molar-refractivity contribution in [3.63, 3.8) is 0 Å². The lowest BCUT2D eigenvalue weighted by atomic mass is 10.2. The molecule has 0 saturated carbocycles. The fourth-order valence-electron chi connectivity index (χ4n) is 3.11. The Morgan fingerprint density at radius 1 is 1.14 bits per heavy atom. The van der Waals surface area contributed by atoms with Crippen molar-refractivity contribution in [3.05, 3.63) is 24.0 Å². The minimum Gasteiger partial charge on any atom is -0.380 e. The van der Waals surface area contributed by atoms with E-state index < -0.39 is 11.9 Å². The molecule has 3 rings (SSSR count). The van der Waals surface area contributed by atoms with Crippen LogP contribution < -0.4 is 4.90 Å². The highest BCUT2D eigenvalue weighted by molar-refractivity contribution is 5.45. The second kappa shape index (κ2) is 6.42. The Hall–Kier alpha value is -1.34. The molecule has 1 atom stereocenters. The van der Waals surface area contributed by atoms with Gasteiger partial charge in [0.05, 0.1) is 18.5 Å². The third-order valence-electron chi connectivity index (χ3n) is 4.36. The summed E-state index contributed by atoms with van der Waals surface area (Å²) in [6.45, 7) is 5.20. The molecule has 0 amide bonds. The first kappa shape index (κ1) is 15.6.